The highest BCUT2D eigenvalue weighted by molar-refractivity contribution is 9.10. The second kappa shape index (κ2) is 8.67. The zero-order valence-corrected chi connectivity index (χ0v) is 15.0. The lowest BCUT2D eigenvalue weighted by Crippen LogP contribution is -2.29. The zero-order chi connectivity index (χ0) is 16.7. The topological polar surface area (TPSA) is 42.4 Å². The van der Waals surface area contributed by atoms with E-state index in [4.69, 9.17) is 4.74 Å². The molecule has 1 heterocycles. The van der Waals surface area contributed by atoms with Gasteiger partial charge in [0.25, 0.3) is 0 Å². The Morgan fingerprint density at radius 2 is 2.09 bits per heavy atom. The first-order valence-electron chi connectivity index (χ1n) is 7.56. The fourth-order valence-corrected chi connectivity index (χ4v) is 2.85. The van der Waals surface area contributed by atoms with Crippen molar-refractivity contribution in [3.8, 4) is 5.75 Å². The van der Waals surface area contributed by atoms with E-state index in [-0.39, 0.29) is 5.91 Å². The van der Waals surface area contributed by atoms with E-state index in [0.717, 1.165) is 34.3 Å². The van der Waals surface area contributed by atoms with Crippen molar-refractivity contribution in [2.24, 2.45) is 0 Å². The third-order valence-electron chi connectivity index (χ3n) is 3.70. The lowest BCUT2D eigenvalue weighted by atomic mass is 10.1. The van der Waals surface area contributed by atoms with E-state index >= 15 is 0 Å². The highest BCUT2D eigenvalue weighted by atomic mass is 79.9. The van der Waals surface area contributed by atoms with Crippen LogP contribution in [0.5, 0.6) is 5.75 Å². The number of pyridine rings is 1. The van der Waals surface area contributed by atoms with Gasteiger partial charge in [-0.15, -0.1) is 0 Å². The highest BCUT2D eigenvalue weighted by Gasteiger charge is 2.10. The molecular weight excluding hydrogens is 356 g/mol. The van der Waals surface area contributed by atoms with Gasteiger partial charge in [0, 0.05) is 38.3 Å². The van der Waals surface area contributed by atoms with Gasteiger partial charge in [0.1, 0.15) is 5.75 Å². The van der Waals surface area contributed by atoms with Crippen molar-refractivity contribution >= 4 is 21.8 Å². The number of halogens is 1. The number of benzene rings is 1. The van der Waals surface area contributed by atoms with Gasteiger partial charge >= 0.3 is 0 Å². The van der Waals surface area contributed by atoms with Crippen molar-refractivity contribution in [1.29, 1.82) is 0 Å². The molecule has 0 bridgehead atoms. The minimum Gasteiger partial charge on any atom is -0.496 e. The van der Waals surface area contributed by atoms with Gasteiger partial charge < -0.3 is 9.64 Å². The average molecular weight is 377 g/mol. The van der Waals surface area contributed by atoms with E-state index in [1.165, 1.54) is 0 Å². The predicted molar refractivity (Wildman–Crippen MR) is 94.6 cm³/mol. The van der Waals surface area contributed by atoms with Crippen molar-refractivity contribution in [3.63, 3.8) is 0 Å². The van der Waals surface area contributed by atoms with Gasteiger partial charge in [-0.25, -0.2) is 0 Å². The average Bonchev–Trinajstić information content (AvgIpc) is 2.58. The van der Waals surface area contributed by atoms with E-state index in [1.54, 1.807) is 18.2 Å². The molecule has 2 rings (SSSR count). The Hall–Kier alpha value is -1.88. The molecule has 23 heavy (non-hydrogen) atoms. The minimum atomic E-state index is 0.146. The summed E-state index contributed by atoms with van der Waals surface area (Å²) in [7, 11) is 3.48. The molecule has 0 aliphatic rings. The number of methoxy groups -OCH3 is 1. The Balaban J connectivity index is 1.80. The minimum absolute atomic E-state index is 0.146. The number of hydrogen-bond acceptors (Lipinski definition) is 3. The Bertz CT molecular complexity index is 647. The van der Waals surface area contributed by atoms with Gasteiger partial charge in [-0.2, -0.15) is 0 Å². The molecule has 0 aliphatic heterocycles. The van der Waals surface area contributed by atoms with Gasteiger partial charge in [-0.3, -0.25) is 9.78 Å². The molecule has 0 radical (unpaired) electrons. The molecule has 4 nitrogen and oxygen atoms in total. The van der Waals surface area contributed by atoms with Crippen LogP contribution in [-0.4, -0.2) is 36.5 Å². The summed E-state index contributed by atoms with van der Waals surface area (Å²) in [5, 5.41) is 0. The van der Waals surface area contributed by atoms with Crippen LogP contribution < -0.4 is 4.74 Å². The molecule has 1 aromatic heterocycles. The summed E-state index contributed by atoms with van der Waals surface area (Å²) >= 11 is 3.47. The number of aryl methyl sites for hydroxylation is 1. The zero-order valence-electron chi connectivity index (χ0n) is 13.5. The smallest absolute Gasteiger partial charge is 0.222 e. The summed E-state index contributed by atoms with van der Waals surface area (Å²) in [6.07, 6.45) is 3.77. The van der Waals surface area contributed by atoms with Gasteiger partial charge in [0.15, 0.2) is 0 Å². The molecule has 0 unspecified atom stereocenters. The van der Waals surface area contributed by atoms with Crippen LogP contribution in [0, 0.1) is 0 Å². The molecule has 1 aromatic carbocycles. The second-order valence-electron chi connectivity index (χ2n) is 5.36. The van der Waals surface area contributed by atoms with Crippen LogP contribution in [0.2, 0.25) is 0 Å². The van der Waals surface area contributed by atoms with E-state index in [2.05, 4.69) is 20.9 Å². The maximum atomic E-state index is 12.2. The van der Waals surface area contributed by atoms with Crippen LogP contribution >= 0.6 is 15.9 Å². The van der Waals surface area contributed by atoms with E-state index < -0.39 is 0 Å². The van der Waals surface area contributed by atoms with Crippen molar-refractivity contribution in [3.05, 3.63) is 58.3 Å². The van der Waals surface area contributed by atoms with Gasteiger partial charge in [-0.1, -0.05) is 12.1 Å². The number of rotatable bonds is 7. The van der Waals surface area contributed by atoms with Gasteiger partial charge in [-0.05, 0) is 52.2 Å². The maximum Gasteiger partial charge on any atom is 0.222 e. The summed E-state index contributed by atoms with van der Waals surface area (Å²) < 4.78 is 6.12. The third kappa shape index (κ3) is 5.36. The number of likely N-dealkylation sites (N-methyl/N-ethyl adjacent to an activating group) is 1. The molecule has 0 saturated carbocycles. The number of ether oxygens (including phenoxy) is 1. The summed E-state index contributed by atoms with van der Waals surface area (Å²) in [6, 6.07) is 11.7. The van der Waals surface area contributed by atoms with Crippen LogP contribution in [0.3, 0.4) is 0 Å². The van der Waals surface area contributed by atoms with Crippen molar-refractivity contribution < 1.29 is 9.53 Å². The fraction of sp³-hybridized carbons (Fsp3) is 0.333. The lowest BCUT2D eigenvalue weighted by Gasteiger charge is -2.17. The molecule has 0 saturated heterocycles. The Labute approximate surface area is 145 Å². The van der Waals surface area contributed by atoms with Crippen molar-refractivity contribution in [2.75, 3.05) is 20.7 Å². The molecule has 0 N–H and O–H groups in total. The Morgan fingerprint density at radius 1 is 1.26 bits per heavy atom. The molecule has 0 atom stereocenters. The molecule has 5 heteroatoms. The SMILES string of the molecule is COc1ccc(CCC(=O)N(C)CCc2ccccn2)cc1Br. The summed E-state index contributed by atoms with van der Waals surface area (Å²) in [4.78, 5) is 18.3. The van der Waals surface area contributed by atoms with Crippen LogP contribution in [0.25, 0.3) is 0 Å². The molecule has 0 aliphatic carbocycles. The second-order valence-corrected chi connectivity index (χ2v) is 6.21. The molecule has 1 amide bonds. The quantitative estimate of drug-likeness (QED) is 0.742. The van der Waals surface area contributed by atoms with Crippen molar-refractivity contribution in [2.45, 2.75) is 19.3 Å². The first-order valence-corrected chi connectivity index (χ1v) is 8.35. The standard InChI is InChI=1S/C18H21BrN2O2/c1-21(12-10-15-5-3-4-11-20-15)18(22)9-7-14-6-8-17(23-2)16(19)13-14/h3-6,8,11,13H,7,9-10,12H2,1-2H3. The van der Waals surface area contributed by atoms with Crippen molar-refractivity contribution in [1.82, 2.24) is 9.88 Å². The van der Waals surface area contributed by atoms with Gasteiger partial charge in [0.2, 0.25) is 5.91 Å². The Morgan fingerprint density at radius 3 is 2.74 bits per heavy atom. The number of nitrogens with zero attached hydrogens (tertiary/aromatic N) is 2. The lowest BCUT2D eigenvalue weighted by molar-refractivity contribution is -0.129. The number of aromatic nitrogens is 1. The number of amides is 1. The van der Waals surface area contributed by atoms with Crippen LogP contribution in [0.1, 0.15) is 17.7 Å². The van der Waals surface area contributed by atoms with E-state index in [9.17, 15) is 4.79 Å². The number of hydrogen-bond donors (Lipinski definition) is 0. The summed E-state index contributed by atoms with van der Waals surface area (Å²) in [5.41, 5.74) is 2.12. The summed E-state index contributed by atoms with van der Waals surface area (Å²) in [5.74, 6) is 0.945. The monoisotopic (exact) mass is 376 g/mol. The first-order chi connectivity index (χ1) is 11.1. The van der Waals surface area contributed by atoms with Crippen LogP contribution in [0.15, 0.2) is 47.1 Å². The fourth-order valence-electron chi connectivity index (χ4n) is 2.26. The van der Waals surface area contributed by atoms with Gasteiger partial charge in [0.05, 0.1) is 11.6 Å². The maximum absolute atomic E-state index is 12.2. The molecule has 0 spiro atoms. The normalized spacial score (nSPS) is 10.4. The first kappa shape index (κ1) is 17.5. The highest BCUT2D eigenvalue weighted by Crippen LogP contribution is 2.26. The molecule has 0 fully saturated rings. The molecule has 2 aromatic rings. The number of carbonyl (C=O) groups is 1. The van der Waals surface area contributed by atoms with E-state index in [1.807, 2.05) is 43.4 Å². The number of carbonyl (C=O) groups excluding carboxylic acids is 1. The largest absolute Gasteiger partial charge is 0.496 e. The Kier molecular flexibility index (Phi) is 6.59. The van der Waals surface area contributed by atoms with Crippen LogP contribution in [-0.2, 0) is 17.6 Å². The van der Waals surface area contributed by atoms with E-state index in [0.29, 0.717) is 13.0 Å². The predicted octanol–water partition coefficient (Wildman–Crippen LogP) is 3.49. The third-order valence-corrected chi connectivity index (χ3v) is 4.32. The summed E-state index contributed by atoms with van der Waals surface area (Å²) in [6.45, 7) is 0.683. The molecular formula is C18H21BrN2O2. The van der Waals surface area contributed by atoms with Crippen LogP contribution in [0.4, 0.5) is 0 Å². The molecule has 122 valence electrons.